The van der Waals surface area contributed by atoms with Gasteiger partial charge in [-0.05, 0) is 51.2 Å². The van der Waals surface area contributed by atoms with Crippen molar-refractivity contribution in [2.45, 2.75) is 58.5 Å². The molecule has 5 rings (SSSR count). The number of H-pyrrole nitrogens is 1. The number of nitrogens with one attached hydrogen (secondary N) is 2. The maximum Gasteiger partial charge on any atom is 0.146 e. The fourth-order valence-electron chi connectivity index (χ4n) is 4.51. The molecule has 1 aliphatic heterocycles. The van der Waals surface area contributed by atoms with Crippen LogP contribution < -0.4 is 5.32 Å². The number of thiophene rings is 1. The number of hydrogen-bond acceptors (Lipinski definition) is 7. The van der Waals surface area contributed by atoms with Crippen molar-refractivity contribution in [1.82, 2.24) is 25.1 Å². The van der Waals surface area contributed by atoms with Crippen molar-refractivity contribution in [3.8, 4) is 0 Å². The molecule has 3 aromatic heterocycles. The maximum absolute atomic E-state index is 5.50. The van der Waals surface area contributed by atoms with Gasteiger partial charge in [0.2, 0.25) is 0 Å². The van der Waals surface area contributed by atoms with Gasteiger partial charge in [0.25, 0.3) is 0 Å². The lowest BCUT2D eigenvalue weighted by atomic mass is 9.97. The highest BCUT2D eigenvalue weighted by atomic mass is 32.1. The van der Waals surface area contributed by atoms with Crippen LogP contribution in [-0.4, -0.2) is 57.4 Å². The molecule has 0 saturated carbocycles. The number of anilines is 1. The maximum atomic E-state index is 5.50. The molecule has 4 heterocycles. The van der Waals surface area contributed by atoms with Crippen molar-refractivity contribution in [2.24, 2.45) is 0 Å². The molecule has 0 aromatic carbocycles. The number of aromatic amines is 1. The minimum absolute atomic E-state index is 0.237. The Morgan fingerprint density at radius 1 is 1.23 bits per heavy atom. The Labute approximate surface area is 181 Å². The number of rotatable bonds is 6. The number of aromatic nitrogens is 4. The average Bonchev–Trinajstić information content (AvgIpc) is 3.31. The van der Waals surface area contributed by atoms with Gasteiger partial charge in [-0.2, -0.15) is 5.10 Å². The predicted octanol–water partition coefficient (Wildman–Crippen LogP) is 3.48. The van der Waals surface area contributed by atoms with Crippen LogP contribution in [0, 0.1) is 6.92 Å². The number of fused-ring (bicyclic) bond motifs is 3. The first-order chi connectivity index (χ1) is 14.7. The van der Waals surface area contributed by atoms with Crippen molar-refractivity contribution in [3.63, 3.8) is 0 Å². The molecule has 2 N–H and O–H groups in total. The minimum atomic E-state index is 0.237. The first-order valence-electron chi connectivity index (χ1n) is 11.0. The zero-order valence-electron chi connectivity index (χ0n) is 17.8. The van der Waals surface area contributed by atoms with Crippen LogP contribution in [0.15, 0.2) is 6.07 Å². The highest BCUT2D eigenvalue weighted by Crippen LogP contribution is 2.39. The first kappa shape index (κ1) is 19.9. The molecule has 7 nitrogen and oxygen atoms in total. The van der Waals surface area contributed by atoms with Gasteiger partial charge in [-0.1, -0.05) is 0 Å². The monoisotopic (exact) mass is 426 g/mol. The molecule has 30 heavy (non-hydrogen) atoms. The summed E-state index contributed by atoms with van der Waals surface area (Å²) in [6, 6.07) is 2.35. The molecule has 0 bridgehead atoms. The molecule has 0 radical (unpaired) electrons. The average molecular weight is 427 g/mol. The lowest BCUT2D eigenvalue weighted by Crippen LogP contribution is -2.36. The van der Waals surface area contributed by atoms with Crippen molar-refractivity contribution in [3.05, 3.63) is 33.7 Å². The largest absolute Gasteiger partial charge is 0.379 e. The zero-order chi connectivity index (χ0) is 20.5. The van der Waals surface area contributed by atoms with Gasteiger partial charge in [-0.15, -0.1) is 11.3 Å². The van der Waals surface area contributed by atoms with E-state index in [0.717, 1.165) is 73.6 Å². The molecule has 3 aromatic rings. The summed E-state index contributed by atoms with van der Waals surface area (Å²) in [5.41, 5.74) is 3.66. The van der Waals surface area contributed by atoms with Crippen LogP contribution in [0.2, 0.25) is 0 Å². The van der Waals surface area contributed by atoms with E-state index in [2.05, 4.69) is 33.4 Å². The third-order valence-corrected chi connectivity index (χ3v) is 7.17. The Morgan fingerprint density at radius 2 is 2.07 bits per heavy atom. The van der Waals surface area contributed by atoms with Crippen LogP contribution in [0.25, 0.3) is 10.2 Å². The van der Waals surface area contributed by atoms with E-state index in [9.17, 15) is 0 Å². The van der Waals surface area contributed by atoms with E-state index >= 15 is 0 Å². The first-order valence-corrected chi connectivity index (χ1v) is 11.9. The molecule has 160 valence electrons. The van der Waals surface area contributed by atoms with E-state index in [1.165, 1.54) is 35.1 Å². The number of nitrogens with zero attached hydrogens (tertiary/aromatic N) is 4. The van der Waals surface area contributed by atoms with E-state index in [1.807, 2.05) is 18.3 Å². The lowest BCUT2D eigenvalue weighted by molar-refractivity contribution is 0.0331. The van der Waals surface area contributed by atoms with Gasteiger partial charge in [0.15, 0.2) is 0 Å². The van der Waals surface area contributed by atoms with Crippen molar-refractivity contribution in [1.29, 1.82) is 0 Å². The molecule has 0 amide bonds. The molecule has 2 aliphatic rings. The molecule has 8 heteroatoms. The SMILES string of the molecule is Cc1cc(CC(C)Nc2nc(CN3CCOCC3)nc3sc4c(c23)CCCC4)n[nH]1. The molecular weight excluding hydrogens is 396 g/mol. The second kappa shape index (κ2) is 8.61. The molecule has 0 spiro atoms. The fourth-order valence-corrected chi connectivity index (χ4v) is 5.79. The van der Waals surface area contributed by atoms with Crippen LogP contribution in [0.4, 0.5) is 5.82 Å². The summed E-state index contributed by atoms with van der Waals surface area (Å²) in [7, 11) is 0. The molecule has 1 aliphatic carbocycles. The lowest BCUT2D eigenvalue weighted by Gasteiger charge is -2.26. The molecule has 1 atom stereocenters. The number of morpholine rings is 1. The van der Waals surface area contributed by atoms with Gasteiger partial charge < -0.3 is 10.1 Å². The minimum Gasteiger partial charge on any atom is -0.379 e. The van der Waals surface area contributed by atoms with Crippen LogP contribution >= 0.6 is 11.3 Å². The van der Waals surface area contributed by atoms with E-state index in [-0.39, 0.29) is 6.04 Å². The summed E-state index contributed by atoms with van der Waals surface area (Å²) in [6.45, 7) is 8.50. The van der Waals surface area contributed by atoms with Crippen molar-refractivity contribution >= 4 is 27.4 Å². The number of hydrogen-bond donors (Lipinski definition) is 2. The van der Waals surface area contributed by atoms with Crippen molar-refractivity contribution in [2.75, 3.05) is 31.6 Å². The van der Waals surface area contributed by atoms with Gasteiger partial charge in [-0.3, -0.25) is 10.00 Å². The highest BCUT2D eigenvalue weighted by Gasteiger charge is 2.23. The Balaban J connectivity index is 1.45. The quantitative estimate of drug-likeness (QED) is 0.628. The molecule has 1 fully saturated rings. The van der Waals surface area contributed by atoms with Crippen LogP contribution in [0.3, 0.4) is 0 Å². The molecule has 1 saturated heterocycles. The summed E-state index contributed by atoms with van der Waals surface area (Å²) in [5.74, 6) is 1.91. The van der Waals surface area contributed by atoms with Gasteiger partial charge in [0.1, 0.15) is 16.5 Å². The smallest absolute Gasteiger partial charge is 0.146 e. The predicted molar refractivity (Wildman–Crippen MR) is 120 cm³/mol. The summed E-state index contributed by atoms with van der Waals surface area (Å²) < 4.78 is 5.50. The third-order valence-electron chi connectivity index (χ3n) is 5.99. The van der Waals surface area contributed by atoms with Crippen LogP contribution in [0.1, 0.15) is 47.4 Å². The second-order valence-electron chi connectivity index (χ2n) is 8.56. The summed E-state index contributed by atoms with van der Waals surface area (Å²) in [6.07, 6.45) is 5.72. The van der Waals surface area contributed by atoms with E-state index in [0.29, 0.717) is 0 Å². The zero-order valence-corrected chi connectivity index (χ0v) is 18.6. The van der Waals surface area contributed by atoms with Gasteiger partial charge in [0.05, 0.1) is 30.8 Å². The highest BCUT2D eigenvalue weighted by molar-refractivity contribution is 7.19. The molecular formula is C22H30N6OS. The van der Waals surface area contributed by atoms with E-state index in [4.69, 9.17) is 14.7 Å². The fraction of sp³-hybridized carbons (Fsp3) is 0.591. The van der Waals surface area contributed by atoms with Crippen molar-refractivity contribution < 1.29 is 4.74 Å². The Hall–Kier alpha value is -2.03. The topological polar surface area (TPSA) is 79.0 Å². The van der Waals surface area contributed by atoms with E-state index < -0.39 is 0 Å². The van der Waals surface area contributed by atoms with Gasteiger partial charge >= 0.3 is 0 Å². The molecule has 1 unspecified atom stereocenters. The van der Waals surface area contributed by atoms with Crippen LogP contribution in [0.5, 0.6) is 0 Å². The Morgan fingerprint density at radius 3 is 2.87 bits per heavy atom. The summed E-state index contributed by atoms with van der Waals surface area (Å²) >= 11 is 1.87. The Bertz CT molecular complexity index is 1020. The van der Waals surface area contributed by atoms with Gasteiger partial charge in [-0.25, -0.2) is 9.97 Å². The normalized spacial score (nSPS) is 18.5. The standard InChI is InChI=1S/C22H30N6OS/c1-14(11-16-12-15(2)26-27-16)23-21-20-17-5-3-4-6-18(17)30-22(20)25-19(24-21)13-28-7-9-29-10-8-28/h12,14H,3-11,13H2,1-2H3,(H,26,27)(H,23,24,25). The van der Waals surface area contributed by atoms with E-state index in [1.54, 1.807) is 0 Å². The second-order valence-corrected chi connectivity index (χ2v) is 9.64. The number of ether oxygens (including phenoxy) is 1. The van der Waals surface area contributed by atoms with Crippen LogP contribution in [-0.2, 0) is 30.5 Å². The summed E-state index contributed by atoms with van der Waals surface area (Å²) in [4.78, 5) is 15.1. The summed E-state index contributed by atoms with van der Waals surface area (Å²) in [5, 5.41) is 12.4. The van der Waals surface area contributed by atoms with Gasteiger partial charge in [0, 0.05) is 36.1 Å². The Kier molecular flexibility index (Phi) is 5.71. The number of aryl methyl sites for hydroxylation is 3. The third kappa shape index (κ3) is 4.22.